The average molecular weight is 268 g/mol. The third kappa shape index (κ3) is 4.84. The molecular weight excluding hydrogens is 248 g/mol. The number of hydrogen-bond acceptors (Lipinski definition) is 6. The molecular formula is C13H20N2O4. The fraction of sp³-hybridized carbons (Fsp3) is 0.538. The van der Waals surface area contributed by atoms with Gasteiger partial charge in [-0.05, 0) is 19.1 Å². The van der Waals surface area contributed by atoms with E-state index < -0.39 is 0 Å². The molecule has 6 nitrogen and oxygen atoms in total. The summed E-state index contributed by atoms with van der Waals surface area (Å²) < 4.78 is 9.90. The molecule has 0 unspecified atom stereocenters. The minimum Gasteiger partial charge on any atom is -0.462 e. The molecule has 0 fully saturated rings. The van der Waals surface area contributed by atoms with Gasteiger partial charge in [0, 0.05) is 26.4 Å². The van der Waals surface area contributed by atoms with Crippen molar-refractivity contribution in [2.24, 2.45) is 0 Å². The Bertz CT molecular complexity index is 381. The quantitative estimate of drug-likeness (QED) is 0.700. The molecule has 0 radical (unpaired) electrons. The molecule has 0 saturated carbocycles. The Labute approximate surface area is 113 Å². The number of carbonyl (C=O) groups is 1. The van der Waals surface area contributed by atoms with Crippen LogP contribution in [0.5, 0.6) is 0 Å². The van der Waals surface area contributed by atoms with Crippen molar-refractivity contribution in [2.45, 2.75) is 6.92 Å². The summed E-state index contributed by atoms with van der Waals surface area (Å²) in [7, 11) is 1.62. The first-order valence-electron chi connectivity index (χ1n) is 6.20. The second-order valence-electron chi connectivity index (χ2n) is 3.83. The molecule has 1 aromatic heterocycles. The van der Waals surface area contributed by atoms with Gasteiger partial charge in [-0.25, -0.2) is 9.78 Å². The Morgan fingerprint density at radius 2 is 2.21 bits per heavy atom. The maximum atomic E-state index is 11.5. The van der Waals surface area contributed by atoms with E-state index in [0.717, 1.165) is 0 Å². The molecule has 6 heteroatoms. The van der Waals surface area contributed by atoms with Gasteiger partial charge in [0.2, 0.25) is 0 Å². The average Bonchev–Trinajstić information content (AvgIpc) is 2.44. The number of ether oxygens (including phenoxy) is 2. The fourth-order valence-corrected chi connectivity index (χ4v) is 1.57. The molecule has 0 spiro atoms. The van der Waals surface area contributed by atoms with E-state index in [1.54, 1.807) is 26.2 Å². The maximum Gasteiger partial charge on any atom is 0.339 e. The van der Waals surface area contributed by atoms with Crippen molar-refractivity contribution >= 4 is 11.8 Å². The molecule has 0 atom stereocenters. The van der Waals surface area contributed by atoms with Crippen molar-refractivity contribution < 1.29 is 19.4 Å². The van der Waals surface area contributed by atoms with E-state index in [9.17, 15) is 4.79 Å². The van der Waals surface area contributed by atoms with Gasteiger partial charge < -0.3 is 19.5 Å². The Kier molecular flexibility index (Phi) is 6.84. The monoisotopic (exact) mass is 268 g/mol. The molecule has 1 N–H and O–H groups in total. The van der Waals surface area contributed by atoms with Gasteiger partial charge in [-0.15, -0.1) is 0 Å². The van der Waals surface area contributed by atoms with Crippen LogP contribution in [0.15, 0.2) is 18.3 Å². The van der Waals surface area contributed by atoms with E-state index >= 15 is 0 Å². The number of pyridine rings is 1. The smallest absolute Gasteiger partial charge is 0.339 e. The number of methoxy groups -OCH3 is 1. The number of nitrogens with zero attached hydrogens (tertiary/aromatic N) is 2. The lowest BCUT2D eigenvalue weighted by molar-refractivity contribution is 0.0526. The largest absolute Gasteiger partial charge is 0.462 e. The summed E-state index contributed by atoms with van der Waals surface area (Å²) in [6.07, 6.45) is 1.48. The van der Waals surface area contributed by atoms with Crippen molar-refractivity contribution in [1.29, 1.82) is 0 Å². The van der Waals surface area contributed by atoms with Crippen LogP contribution >= 0.6 is 0 Å². The SMILES string of the molecule is CCOC(=O)c1ccc(N(CCO)CCOC)nc1. The van der Waals surface area contributed by atoms with Crippen molar-refractivity contribution in [3.8, 4) is 0 Å². The number of carbonyl (C=O) groups excluding carboxylic acids is 1. The molecule has 106 valence electrons. The summed E-state index contributed by atoms with van der Waals surface area (Å²) in [6.45, 7) is 3.77. The number of hydrogen-bond donors (Lipinski definition) is 1. The molecule has 0 amide bonds. The van der Waals surface area contributed by atoms with Crippen molar-refractivity contribution in [2.75, 3.05) is 44.9 Å². The Hall–Kier alpha value is -1.66. The lowest BCUT2D eigenvalue weighted by Crippen LogP contribution is -2.30. The van der Waals surface area contributed by atoms with Crippen LogP contribution < -0.4 is 4.90 Å². The summed E-state index contributed by atoms with van der Waals surface area (Å²) in [5.41, 5.74) is 0.418. The molecule has 1 rings (SSSR count). The van der Waals surface area contributed by atoms with E-state index in [0.29, 0.717) is 37.7 Å². The summed E-state index contributed by atoms with van der Waals surface area (Å²) in [6, 6.07) is 3.40. The second-order valence-corrected chi connectivity index (χ2v) is 3.83. The van der Waals surface area contributed by atoms with Gasteiger partial charge in [0.05, 0.1) is 25.4 Å². The van der Waals surface area contributed by atoms with E-state index in [1.807, 2.05) is 4.90 Å². The standard InChI is InChI=1S/C13H20N2O4/c1-3-19-13(17)11-4-5-12(14-10-11)15(6-8-16)7-9-18-2/h4-5,10,16H,3,6-9H2,1-2H3. The number of rotatable bonds is 8. The van der Waals surface area contributed by atoms with E-state index in [4.69, 9.17) is 14.6 Å². The van der Waals surface area contributed by atoms with Crippen LogP contribution in [0.3, 0.4) is 0 Å². The zero-order chi connectivity index (χ0) is 14.1. The summed E-state index contributed by atoms with van der Waals surface area (Å²) in [5.74, 6) is 0.311. The predicted octanol–water partition coefficient (Wildman–Crippen LogP) is 0.703. The zero-order valence-corrected chi connectivity index (χ0v) is 11.3. The van der Waals surface area contributed by atoms with Crippen LogP contribution in [-0.4, -0.2) is 56.1 Å². The van der Waals surface area contributed by atoms with E-state index in [2.05, 4.69) is 4.98 Å². The topological polar surface area (TPSA) is 71.9 Å². The lowest BCUT2D eigenvalue weighted by Gasteiger charge is -2.22. The molecule has 0 aliphatic heterocycles. The number of aromatic nitrogens is 1. The van der Waals surface area contributed by atoms with Gasteiger partial charge in [-0.2, -0.15) is 0 Å². The van der Waals surface area contributed by atoms with Crippen molar-refractivity contribution in [1.82, 2.24) is 4.98 Å². The lowest BCUT2D eigenvalue weighted by atomic mass is 10.3. The highest BCUT2D eigenvalue weighted by Gasteiger charge is 2.10. The van der Waals surface area contributed by atoms with Crippen LogP contribution in [0.4, 0.5) is 5.82 Å². The highest BCUT2D eigenvalue weighted by molar-refractivity contribution is 5.89. The van der Waals surface area contributed by atoms with Gasteiger partial charge in [-0.1, -0.05) is 0 Å². The summed E-state index contributed by atoms with van der Waals surface area (Å²) in [5, 5.41) is 9.03. The van der Waals surface area contributed by atoms with Gasteiger partial charge >= 0.3 is 5.97 Å². The van der Waals surface area contributed by atoms with Crippen molar-refractivity contribution in [3.63, 3.8) is 0 Å². The zero-order valence-electron chi connectivity index (χ0n) is 11.3. The van der Waals surface area contributed by atoms with Crippen LogP contribution in [0.25, 0.3) is 0 Å². The van der Waals surface area contributed by atoms with Gasteiger partial charge in [0.1, 0.15) is 5.82 Å². The Morgan fingerprint density at radius 1 is 1.42 bits per heavy atom. The van der Waals surface area contributed by atoms with Crippen LogP contribution in [0.2, 0.25) is 0 Å². The predicted molar refractivity (Wildman–Crippen MR) is 71.4 cm³/mol. The van der Waals surface area contributed by atoms with Crippen LogP contribution in [0.1, 0.15) is 17.3 Å². The minimum absolute atomic E-state index is 0.0328. The molecule has 0 aliphatic carbocycles. The normalized spacial score (nSPS) is 10.3. The second kappa shape index (κ2) is 8.44. The summed E-state index contributed by atoms with van der Waals surface area (Å²) in [4.78, 5) is 17.6. The third-order valence-corrected chi connectivity index (χ3v) is 2.52. The number of esters is 1. The summed E-state index contributed by atoms with van der Waals surface area (Å²) >= 11 is 0. The molecule has 1 aromatic rings. The first-order chi connectivity index (χ1) is 9.22. The minimum atomic E-state index is -0.382. The van der Waals surface area contributed by atoms with Gasteiger partial charge in [0.25, 0.3) is 0 Å². The van der Waals surface area contributed by atoms with Crippen LogP contribution in [0, 0.1) is 0 Å². The number of aliphatic hydroxyl groups excluding tert-OH is 1. The Morgan fingerprint density at radius 3 is 2.74 bits per heavy atom. The molecule has 0 saturated heterocycles. The number of aliphatic hydroxyl groups is 1. The Balaban J connectivity index is 2.73. The van der Waals surface area contributed by atoms with Gasteiger partial charge in [-0.3, -0.25) is 0 Å². The molecule has 19 heavy (non-hydrogen) atoms. The molecule has 0 aromatic carbocycles. The first kappa shape index (κ1) is 15.4. The maximum absolute atomic E-state index is 11.5. The van der Waals surface area contributed by atoms with Gasteiger partial charge in [0.15, 0.2) is 0 Å². The molecule has 0 bridgehead atoms. The third-order valence-electron chi connectivity index (χ3n) is 2.52. The fourth-order valence-electron chi connectivity index (χ4n) is 1.57. The molecule has 0 aliphatic rings. The molecule has 1 heterocycles. The van der Waals surface area contributed by atoms with E-state index in [1.165, 1.54) is 6.20 Å². The van der Waals surface area contributed by atoms with E-state index in [-0.39, 0.29) is 12.6 Å². The first-order valence-corrected chi connectivity index (χ1v) is 6.20. The van der Waals surface area contributed by atoms with Crippen LogP contribution in [-0.2, 0) is 9.47 Å². The highest BCUT2D eigenvalue weighted by Crippen LogP contribution is 2.11. The van der Waals surface area contributed by atoms with Crippen molar-refractivity contribution in [3.05, 3.63) is 23.9 Å². The highest BCUT2D eigenvalue weighted by atomic mass is 16.5. The number of anilines is 1.